The van der Waals surface area contributed by atoms with Gasteiger partial charge < -0.3 is 19.3 Å². The van der Waals surface area contributed by atoms with E-state index in [1.54, 1.807) is 42.5 Å². The van der Waals surface area contributed by atoms with E-state index in [1.807, 2.05) is 24.3 Å². The number of Topliss-reactive ketones (excluding diaryl/α,β-unsaturated/α-hetero) is 1. The van der Waals surface area contributed by atoms with E-state index >= 15 is 0 Å². The molecule has 1 heterocycles. The molecule has 1 unspecified atom stereocenters. The summed E-state index contributed by atoms with van der Waals surface area (Å²) in [5, 5.41) is 11.4. The fourth-order valence-electron chi connectivity index (χ4n) is 4.58. The molecule has 1 atom stereocenters. The smallest absolute Gasteiger partial charge is 0.300 e. The molecular weight excluding hydrogens is 494 g/mol. The van der Waals surface area contributed by atoms with Gasteiger partial charge in [-0.15, -0.1) is 0 Å². The standard InChI is InChI=1S/C32H35NO6/c1-19(2)18-39-25-14-9-22(10-15-25)30(34)28-29(23-11-16-26(37-5)27(17-23)38-6)33(32(36)31(28)35)24-12-7-21(8-13-24)20(3)4/h7-17,19-20,29,34H,18H2,1-6H3/b30-28-. The van der Waals surface area contributed by atoms with E-state index in [2.05, 4.69) is 27.7 Å². The van der Waals surface area contributed by atoms with E-state index in [0.29, 0.717) is 52.5 Å². The second-order valence-corrected chi connectivity index (χ2v) is 10.3. The van der Waals surface area contributed by atoms with Crippen LogP contribution in [0.1, 0.15) is 56.3 Å². The highest BCUT2D eigenvalue weighted by Gasteiger charge is 2.47. The second kappa shape index (κ2) is 11.6. The zero-order chi connectivity index (χ0) is 28.3. The van der Waals surface area contributed by atoms with Gasteiger partial charge in [0.15, 0.2) is 11.5 Å². The Kier molecular flexibility index (Phi) is 8.29. The molecule has 0 aromatic heterocycles. The number of rotatable bonds is 9. The Bertz CT molecular complexity index is 1370. The first-order chi connectivity index (χ1) is 18.7. The summed E-state index contributed by atoms with van der Waals surface area (Å²) in [5.41, 5.74) is 2.66. The monoisotopic (exact) mass is 529 g/mol. The number of ketones is 1. The fourth-order valence-corrected chi connectivity index (χ4v) is 4.58. The van der Waals surface area contributed by atoms with Gasteiger partial charge in [-0.05, 0) is 71.5 Å². The molecule has 1 aliphatic rings. The van der Waals surface area contributed by atoms with Crippen LogP contribution in [0.3, 0.4) is 0 Å². The molecule has 7 nitrogen and oxygen atoms in total. The molecule has 0 radical (unpaired) electrons. The number of ether oxygens (including phenoxy) is 3. The Balaban J connectivity index is 1.85. The molecule has 0 spiro atoms. The van der Waals surface area contributed by atoms with Crippen LogP contribution in [0, 0.1) is 5.92 Å². The SMILES string of the molecule is COc1ccc(C2/C(=C(/O)c3ccc(OCC(C)C)cc3)C(=O)C(=O)N2c2ccc(C(C)C)cc2)cc1OC. The lowest BCUT2D eigenvalue weighted by molar-refractivity contribution is -0.132. The predicted molar refractivity (Wildman–Crippen MR) is 152 cm³/mol. The number of aliphatic hydroxyl groups is 1. The van der Waals surface area contributed by atoms with Crippen molar-refractivity contribution in [3.8, 4) is 17.2 Å². The van der Waals surface area contributed by atoms with E-state index in [1.165, 1.54) is 19.1 Å². The zero-order valence-electron chi connectivity index (χ0n) is 23.2. The molecule has 1 aliphatic heterocycles. The molecule has 39 heavy (non-hydrogen) atoms. The summed E-state index contributed by atoms with van der Waals surface area (Å²) in [6.07, 6.45) is 0. The Hall–Kier alpha value is -4.26. The highest BCUT2D eigenvalue weighted by atomic mass is 16.5. The molecule has 1 amide bonds. The van der Waals surface area contributed by atoms with Gasteiger partial charge in [-0.2, -0.15) is 0 Å². The van der Waals surface area contributed by atoms with Crippen molar-refractivity contribution in [3.05, 3.63) is 89.0 Å². The van der Waals surface area contributed by atoms with E-state index in [4.69, 9.17) is 14.2 Å². The van der Waals surface area contributed by atoms with Gasteiger partial charge in [0.05, 0.1) is 32.4 Å². The molecule has 204 valence electrons. The van der Waals surface area contributed by atoms with Gasteiger partial charge in [0, 0.05) is 11.3 Å². The van der Waals surface area contributed by atoms with Crippen LogP contribution in [-0.4, -0.2) is 37.6 Å². The van der Waals surface area contributed by atoms with Crippen LogP contribution in [-0.2, 0) is 9.59 Å². The average Bonchev–Trinajstić information content (AvgIpc) is 3.21. The summed E-state index contributed by atoms with van der Waals surface area (Å²) in [6.45, 7) is 8.85. The highest BCUT2D eigenvalue weighted by molar-refractivity contribution is 6.51. The minimum absolute atomic E-state index is 0.00370. The van der Waals surface area contributed by atoms with Crippen LogP contribution in [0.25, 0.3) is 5.76 Å². The maximum absolute atomic E-state index is 13.5. The first kappa shape index (κ1) is 27.8. The number of hydrogen-bond donors (Lipinski definition) is 1. The number of nitrogens with zero attached hydrogens (tertiary/aromatic N) is 1. The van der Waals surface area contributed by atoms with Crippen molar-refractivity contribution in [2.75, 3.05) is 25.7 Å². The summed E-state index contributed by atoms with van der Waals surface area (Å²) in [7, 11) is 3.06. The molecule has 7 heteroatoms. The number of methoxy groups -OCH3 is 2. The minimum atomic E-state index is -0.883. The molecule has 3 aromatic carbocycles. The van der Waals surface area contributed by atoms with Crippen molar-refractivity contribution in [3.63, 3.8) is 0 Å². The van der Waals surface area contributed by atoms with Gasteiger partial charge in [-0.3, -0.25) is 14.5 Å². The van der Waals surface area contributed by atoms with Gasteiger partial charge in [-0.25, -0.2) is 0 Å². The van der Waals surface area contributed by atoms with Crippen molar-refractivity contribution in [1.29, 1.82) is 0 Å². The molecule has 0 aliphatic carbocycles. The minimum Gasteiger partial charge on any atom is -0.507 e. The Morgan fingerprint density at radius 2 is 1.51 bits per heavy atom. The quantitative estimate of drug-likeness (QED) is 0.194. The summed E-state index contributed by atoms with van der Waals surface area (Å²) < 4.78 is 16.6. The lowest BCUT2D eigenvalue weighted by Crippen LogP contribution is -2.29. The third kappa shape index (κ3) is 5.62. The maximum atomic E-state index is 13.5. The van der Waals surface area contributed by atoms with Crippen molar-refractivity contribution >= 4 is 23.1 Å². The van der Waals surface area contributed by atoms with Crippen molar-refractivity contribution in [1.82, 2.24) is 0 Å². The van der Waals surface area contributed by atoms with Crippen molar-refractivity contribution in [2.45, 2.75) is 39.7 Å². The van der Waals surface area contributed by atoms with Crippen LogP contribution in [0.5, 0.6) is 17.2 Å². The zero-order valence-corrected chi connectivity index (χ0v) is 23.2. The molecule has 0 bridgehead atoms. The molecule has 3 aromatic rings. The first-order valence-corrected chi connectivity index (χ1v) is 13.0. The number of carbonyl (C=O) groups excluding carboxylic acids is 2. The third-order valence-corrected chi connectivity index (χ3v) is 6.72. The molecule has 1 fully saturated rings. The fraction of sp³-hybridized carbons (Fsp3) is 0.312. The summed E-state index contributed by atoms with van der Waals surface area (Å²) in [6, 6.07) is 18.7. The predicted octanol–water partition coefficient (Wildman–Crippen LogP) is 6.49. The lowest BCUT2D eigenvalue weighted by atomic mass is 9.94. The van der Waals surface area contributed by atoms with Gasteiger partial charge >= 0.3 is 0 Å². The Labute approximate surface area is 229 Å². The molecule has 0 saturated carbocycles. The summed E-state index contributed by atoms with van der Waals surface area (Å²) >= 11 is 0. The molecule has 4 rings (SSSR count). The highest BCUT2D eigenvalue weighted by Crippen LogP contribution is 2.44. The largest absolute Gasteiger partial charge is 0.507 e. The third-order valence-electron chi connectivity index (χ3n) is 6.72. The van der Waals surface area contributed by atoms with Gasteiger partial charge in [0.2, 0.25) is 0 Å². The average molecular weight is 530 g/mol. The van der Waals surface area contributed by atoms with Crippen LogP contribution in [0.2, 0.25) is 0 Å². The molecular formula is C32H35NO6. The van der Waals surface area contributed by atoms with E-state index in [-0.39, 0.29) is 11.3 Å². The second-order valence-electron chi connectivity index (χ2n) is 10.3. The molecule has 1 N–H and O–H groups in total. The van der Waals surface area contributed by atoms with Crippen LogP contribution < -0.4 is 19.1 Å². The number of hydrogen-bond acceptors (Lipinski definition) is 6. The van der Waals surface area contributed by atoms with E-state index in [0.717, 1.165) is 5.56 Å². The number of amides is 1. The lowest BCUT2D eigenvalue weighted by Gasteiger charge is -2.26. The van der Waals surface area contributed by atoms with E-state index < -0.39 is 17.7 Å². The van der Waals surface area contributed by atoms with Crippen LogP contribution >= 0.6 is 0 Å². The van der Waals surface area contributed by atoms with Gasteiger partial charge in [-0.1, -0.05) is 45.9 Å². The number of anilines is 1. The number of carbonyl (C=O) groups is 2. The van der Waals surface area contributed by atoms with Crippen molar-refractivity contribution < 1.29 is 28.9 Å². The Morgan fingerprint density at radius 3 is 2.08 bits per heavy atom. The van der Waals surface area contributed by atoms with Gasteiger partial charge in [0.1, 0.15) is 11.5 Å². The van der Waals surface area contributed by atoms with Crippen molar-refractivity contribution in [2.24, 2.45) is 5.92 Å². The van der Waals surface area contributed by atoms with Gasteiger partial charge in [0.25, 0.3) is 11.7 Å². The number of aliphatic hydroxyl groups excluding tert-OH is 1. The van der Waals surface area contributed by atoms with Crippen LogP contribution in [0.15, 0.2) is 72.3 Å². The van der Waals surface area contributed by atoms with E-state index in [9.17, 15) is 14.7 Å². The Morgan fingerprint density at radius 1 is 0.872 bits per heavy atom. The summed E-state index contributed by atoms with van der Waals surface area (Å²) in [4.78, 5) is 28.4. The summed E-state index contributed by atoms with van der Waals surface area (Å²) in [5.74, 6) is 0.547. The van der Waals surface area contributed by atoms with Crippen LogP contribution in [0.4, 0.5) is 5.69 Å². The normalized spacial score (nSPS) is 16.7. The molecule has 1 saturated heterocycles. The number of benzene rings is 3. The maximum Gasteiger partial charge on any atom is 0.300 e. The topological polar surface area (TPSA) is 85.3 Å². The first-order valence-electron chi connectivity index (χ1n) is 13.0.